The van der Waals surface area contributed by atoms with E-state index in [0.717, 1.165) is 23.1 Å². The monoisotopic (exact) mass is 440 g/mol. The highest BCUT2D eigenvalue weighted by molar-refractivity contribution is 9.10. The fourth-order valence-electron chi connectivity index (χ4n) is 2.98. The third kappa shape index (κ3) is 4.37. The van der Waals surface area contributed by atoms with Gasteiger partial charge in [-0.3, -0.25) is 9.69 Å². The maximum atomic E-state index is 13.2. The third-order valence-electron chi connectivity index (χ3n) is 4.47. The second-order valence-corrected chi connectivity index (χ2v) is 7.41. The van der Waals surface area contributed by atoms with Gasteiger partial charge < -0.3 is 9.64 Å². The van der Waals surface area contributed by atoms with Gasteiger partial charge >= 0.3 is 0 Å². The third-order valence-corrected chi connectivity index (χ3v) is 5.44. The number of amides is 1. The molecule has 26 heavy (non-hydrogen) atoms. The van der Waals surface area contributed by atoms with Crippen LogP contribution in [0.5, 0.6) is 5.75 Å². The Morgan fingerprint density at radius 2 is 1.92 bits per heavy atom. The summed E-state index contributed by atoms with van der Waals surface area (Å²) in [5.74, 6) is 0.371. The number of ether oxygens (including phenoxy) is 1. The highest BCUT2D eigenvalue weighted by Crippen LogP contribution is 2.26. The van der Waals surface area contributed by atoms with Gasteiger partial charge in [-0.1, -0.05) is 17.7 Å². The van der Waals surface area contributed by atoms with Crippen molar-refractivity contribution in [2.75, 3.05) is 33.3 Å². The van der Waals surface area contributed by atoms with E-state index in [4.69, 9.17) is 16.3 Å². The molecule has 2 aromatic carbocycles. The summed E-state index contributed by atoms with van der Waals surface area (Å²) in [5.41, 5.74) is 1.53. The van der Waals surface area contributed by atoms with Crippen molar-refractivity contribution in [3.63, 3.8) is 0 Å². The predicted molar refractivity (Wildman–Crippen MR) is 103 cm³/mol. The highest BCUT2D eigenvalue weighted by Gasteiger charge is 2.23. The van der Waals surface area contributed by atoms with Crippen molar-refractivity contribution in [2.24, 2.45) is 0 Å². The first kappa shape index (κ1) is 19.1. The minimum absolute atomic E-state index is 0.00724. The number of carbonyl (C=O) groups is 1. The van der Waals surface area contributed by atoms with Gasteiger partial charge in [-0.05, 0) is 51.8 Å². The Labute approximate surface area is 165 Å². The molecule has 4 nitrogen and oxygen atoms in total. The second-order valence-electron chi connectivity index (χ2n) is 6.15. The Balaban J connectivity index is 1.59. The molecule has 0 spiro atoms. The number of piperazine rings is 1. The largest absolute Gasteiger partial charge is 0.496 e. The summed E-state index contributed by atoms with van der Waals surface area (Å²) >= 11 is 9.52. The zero-order valence-corrected chi connectivity index (χ0v) is 16.7. The molecule has 0 atom stereocenters. The first-order valence-corrected chi connectivity index (χ1v) is 9.44. The van der Waals surface area contributed by atoms with Crippen LogP contribution in [0.1, 0.15) is 15.9 Å². The summed E-state index contributed by atoms with van der Waals surface area (Å²) in [4.78, 5) is 16.8. The van der Waals surface area contributed by atoms with E-state index in [1.165, 1.54) is 12.1 Å². The van der Waals surface area contributed by atoms with Gasteiger partial charge in [0.15, 0.2) is 0 Å². The molecule has 0 radical (unpaired) electrons. The molecule has 1 heterocycles. The molecule has 1 aliphatic heterocycles. The van der Waals surface area contributed by atoms with Crippen molar-refractivity contribution in [2.45, 2.75) is 6.54 Å². The number of hydrogen-bond donors (Lipinski definition) is 0. The van der Waals surface area contributed by atoms with Gasteiger partial charge in [-0.15, -0.1) is 0 Å². The van der Waals surface area contributed by atoms with Crippen LogP contribution in [-0.4, -0.2) is 49.0 Å². The molecular formula is C19H19BrClFN2O2. The number of rotatable bonds is 4. The molecular weight excluding hydrogens is 423 g/mol. The van der Waals surface area contributed by atoms with Crippen LogP contribution in [0.15, 0.2) is 40.9 Å². The quantitative estimate of drug-likeness (QED) is 0.713. The van der Waals surface area contributed by atoms with Crippen LogP contribution >= 0.6 is 27.5 Å². The molecule has 0 N–H and O–H groups in total. The zero-order valence-electron chi connectivity index (χ0n) is 14.3. The lowest BCUT2D eigenvalue weighted by molar-refractivity contribution is 0.0628. The maximum absolute atomic E-state index is 13.2. The SMILES string of the molecule is COc1ccc(C(=O)N2CCN(Cc3ccc(F)cc3Cl)CC2)cc1Br. The molecule has 2 aromatic rings. The summed E-state index contributed by atoms with van der Waals surface area (Å²) in [6, 6.07) is 9.80. The highest BCUT2D eigenvalue weighted by atomic mass is 79.9. The summed E-state index contributed by atoms with van der Waals surface area (Å²) in [6.45, 7) is 3.42. The molecule has 0 saturated carbocycles. The zero-order chi connectivity index (χ0) is 18.7. The Bertz CT molecular complexity index is 810. The van der Waals surface area contributed by atoms with E-state index in [9.17, 15) is 9.18 Å². The smallest absolute Gasteiger partial charge is 0.253 e. The molecule has 0 bridgehead atoms. The van der Waals surface area contributed by atoms with E-state index in [-0.39, 0.29) is 11.7 Å². The van der Waals surface area contributed by atoms with Gasteiger partial charge in [0.05, 0.1) is 11.6 Å². The van der Waals surface area contributed by atoms with Gasteiger partial charge in [0.25, 0.3) is 5.91 Å². The molecule has 1 saturated heterocycles. The molecule has 1 amide bonds. The van der Waals surface area contributed by atoms with Crippen molar-refractivity contribution < 1.29 is 13.9 Å². The lowest BCUT2D eigenvalue weighted by Crippen LogP contribution is -2.48. The number of halogens is 3. The molecule has 7 heteroatoms. The van der Waals surface area contributed by atoms with Crippen molar-refractivity contribution in [3.8, 4) is 5.75 Å². The summed E-state index contributed by atoms with van der Waals surface area (Å²) < 4.78 is 19.1. The van der Waals surface area contributed by atoms with E-state index in [1.54, 1.807) is 31.4 Å². The van der Waals surface area contributed by atoms with E-state index < -0.39 is 0 Å². The fraction of sp³-hybridized carbons (Fsp3) is 0.316. The van der Waals surface area contributed by atoms with E-state index in [2.05, 4.69) is 20.8 Å². The Morgan fingerprint density at radius 3 is 2.54 bits per heavy atom. The van der Waals surface area contributed by atoms with Gasteiger partial charge in [0, 0.05) is 43.3 Å². The Morgan fingerprint density at radius 1 is 1.19 bits per heavy atom. The molecule has 1 fully saturated rings. The fourth-order valence-corrected chi connectivity index (χ4v) is 3.75. The van der Waals surface area contributed by atoms with Gasteiger partial charge in [-0.2, -0.15) is 0 Å². The molecule has 3 rings (SSSR count). The number of hydrogen-bond acceptors (Lipinski definition) is 3. The van der Waals surface area contributed by atoms with E-state index in [0.29, 0.717) is 36.0 Å². The van der Waals surface area contributed by atoms with Gasteiger partial charge in [0.2, 0.25) is 0 Å². The van der Waals surface area contributed by atoms with Crippen LogP contribution in [0, 0.1) is 5.82 Å². The van der Waals surface area contributed by atoms with Crippen molar-refractivity contribution in [3.05, 3.63) is 62.8 Å². The Kier molecular flexibility index (Phi) is 6.16. The predicted octanol–water partition coefficient (Wildman–Crippen LogP) is 4.21. The first-order valence-electron chi connectivity index (χ1n) is 8.27. The Hall–Kier alpha value is -1.63. The lowest BCUT2D eigenvalue weighted by atomic mass is 10.1. The average molecular weight is 442 g/mol. The van der Waals surface area contributed by atoms with Crippen molar-refractivity contribution in [1.29, 1.82) is 0 Å². The number of carbonyl (C=O) groups excluding carboxylic acids is 1. The number of benzene rings is 2. The van der Waals surface area contributed by atoms with Crippen LogP contribution in [0.25, 0.3) is 0 Å². The van der Waals surface area contributed by atoms with Crippen LogP contribution in [-0.2, 0) is 6.54 Å². The maximum Gasteiger partial charge on any atom is 0.253 e. The van der Waals surface area contributed by atoms with E-state index in [1.807, 2.05) is 4.90 Å². The summed E-state index contributed by atoms with van der Waals surface area (Å²) in [5, 5.41) is 0.437. The average Bonchev–Trinajstić information content (AvgIpc) is 2.64. The standard InChI is InChI=1S/C19H19BrClFN2O2/c1-26-18-5-3-13(10-16(18)20)19(25)24-8-6-23(7-9-24)12-14-2-4-15(22)11-17(14)21/h2-5,10-11H,6-9,12H2,1H3. The number of nitrogens with zero attached hydrogens (tertiary/aromatic N) is 2. The summed E-state index contributed by atoms with van der Waals surface area (Å²) in [6.07, 6.45) is 0. The molecule has 1 aliphatic rings. The number of methoxy groups -OCH3 is 1. The van der Waals surface area contributed by atoms with Gasteiger partial charge in [0.1, 0.15) is 11.6 Å². The minimum Gasteiger partial charge on any atom is -0.496 e. The first-order chi connectivity index (χ1) is 12.5. The summed E-state index contributed by atoms with van der Waals surface area (Å²) in [7, 11) is 1.59. The molecule has 0 unspecified atom stereocenters. The normalized spacial score (nSPS) is 15.2. The topological polar surface area (TPSA) is 32.8 Å². The van der Waals surface area contributed by atoms with Gasteiger partial charge in [-0.25, -0.2) is 4.39 Å². The molecule has 138 valence electrons. The van der Waals surface area contributed by atoms with Crippen LogP contribution in [0.4, 0.5) is 4.39 Å². The lowest BCUT2D eigenvalue weighted by Gasteiger charge is -2.35. The van der Waals surface area contributed by atoms with E-state index >= 15 is 0 Å². The van der Waals surface area contributed by atoms with Crippen molar-refractivity contribution >= 4 is 33.4 Å². The van der Waals surface area contributed by atoms with Crippen molar-refractivity contribution in [1.82, 2.24) is 9.80 Å². The minimum atomic E-state index is -0.334. The van der Waals surface area contributed by atoms with Crippen LogP contribution < -0.4 is 4.74 Å². The molecule has 0 aliphatic carbocycles. The van der Waals surface area contributed by atoms with Crippen LogP contribution in [0.3, 0.4) is 0 Å². The molecule has 0 aromatic heterocycles. The van der Waals surface area contributed by atoms with Crippen LogP contribution in [0.2, 0.25) is 5.02 Å². The second kappa shape index (κ2) is 8.37.